The molecule has 1 aliphatic rings. The lowest BCUT2D eigenvalue weighted by Gasteiger charge is -2.30. The lowest BCUT2D eigenvalue weighted by Crippen LogP contribution is -2.42. The molecule has 1 aliphatic heterocycles. The maximum absolute atomic E-state index is 12.4. The average molecular weight is 325 g/mol. The summed E-state index contributed by atoms with van der Waals surface area (Å²) < 4.78 is 25.9. The van der Waals surface area contributed by atoms with Gasteiger partial charge in [-0.1, -0.05) is 6.92 Å². The highest BCUT2D eigenvalue weighted by atomic mass is 32.2. The number of hydrogen-bond donors (Lipinski definition) is 2. The number of sulfonamides is 1. The number of nitrogens with zero attached hydrogens (tertiary/aromatic N) is 1. The number of amides is 1. The molecule has 2 rings (SSSR count). The van der Waals surface area contributed by atoms with Gasteiger partial charge in [0, 0.05) is 30.4 Å². The van der Waals surface area contributed by atoms with E-state index in [9.17, 15) is 13.2 Å². The van der Waals surface area contributed by atoms with Crippen LogP contribution in [0, 0.1) is 0 Å². The normalized spacial score (nSPS) is 16.5. The Morgan fingerprint density at radius 3 is 2.41 bits per heavy atom. The molecular formula is C15H23N3O3S. The van der Waals surface area contributed by atoms with E-state index in [0.717, 1.165) is 12.8 Å². The second-order valence-corrected chi connectivity index (χ2v) is 7.47. The van der Waals surface area contributed by atoms with Crippen LogP contribution in [-0.2, 0) is 10.0 Å². The average Bonchev–Trinajstić information content (AvgIpc) is 2.47. The Morgan fingerprint density at radius 1 is 1.27 bits per heavy atom. The zero-order chi connectivity index (χ0) is 16.2. The highest BCUT2D eigenvalue weighted by Crippen LogP contribution is 2.16. The van der Waals surface area contributed by atoms with Crippen molar-refractivity contribution in [3.63, 3.8) is 0 Å². The van der Waals surface area contributed by atoms with Crippen LogP contribution in [0.25, 0.3) is 0 Å². The van der Waals surface area contributed by atoms with Gasteiger partial charge in [0.15, 0.2) is 0 Å². The molecule has 6 nitrogen and oxygen atoms in total. The molecule has 1 aromatic carbocycles. The maximum Gasteiger partial charge on any atom is 0.253 e. The van der Waals surface area contributed by atoms with Crippen molar-refractivity contribution in [1.29, 1.82) is 0 Å². The van der Waals surface area contributed by atoms with E-state index in [2.05, 4.69) is 4.72 Å². The molecule has 0 unspecified atom stereocenters. The molecule has 0 spiro atoms. The van der Waals surface area contributed by atoms with E-state index in [-0.39, 0.29) is 17.7 Å². The van der Waals surface area contributed by atoms with Crippen LogP contribution in [0.2, 0.25) is 0 Å². The van der Waals surface area contributed by atoms with Gasteiger partial charge in [-0.05, 0) is 43.5 Å². The molecule has 0 bridgehead atoms. The second kappa shape index (κ2) is 7.11. The molecule has 0 atom stereocenters. The first-order chi connectivity index (χ1) is 10.4. The number of hydrogen-bond acceptors (Lipinski definition) is 4. The van der Waals surface area contributed by atoms with E-state index in [4.69, 9.17) is 5.73 Å². The third-order valence-corrected chi connectivity index (χ3v) is 5.20. The predicted molar refractivity (Wildman–Crippen MR) is 87.3 cm³/mol. The Morgan fingerprint density at radius 2 is 1.86 bits per heavy atom. The number of anilines is 1. The summed E-state index contributed by atoms with van der Waals surface area (Å²) in [5, 5.41) is 0. The molecule has 122 valence electrons. The Balaban J connectivity index is 2.01. The molecule has 1 heterocycles. The number of carbonyl (C=O) groups is 1. The summed E-state index contributed by atoms with van der Waals surface area (Å²) in [6.45, 7) is 3.15. The zero-order valence-corrected chi connectivity index (χ0v) is 13.6. The quantitative estimate of drug-likeness (QED) is 0.856. The van der Waals surface area contributed by atoms with Crippen molar-refractivity contribution in [3.8, 4) is 0 Å². The fourth-order valence-electron chi connectivity index (χ4n) is 2.47. The Kier molecular flexibility index (Phi) is 5.42. The molecular weight excluding hydrogens is 302 g/mol. The first-order valence-electron chi connectivity index (χ1n) is 7.56. The van der Waals surface area contributed by atoms with Crippen molar-refractivity contribution in [2.24, 2.45) is 5.73 Å². The smallest absolute Gasteiger partial charge is 0.253 e. The highest BCUT2D eigenvalue weighted by Gasteiger charge is 2.21. The van der Waals surface area contributed by atoms with Crippen molar-refractivity contribution in [1.82, 2.24) is 4.90 Å². The maximum atomic E-state index is 12.4. The minimum atomic E-state index is -3.30. The summed E-state index contributed by atoms with van der Waals surface area (Å²) >= 11 is 0. The molecule has 0 aliphatic carbocycles. The number of rotatable bonds is 5. The SMILES string of the molecule is CCCS(=O)(=O)Nc1ccc(C(=O)N2CCC(N)CC2)cc1. The van der Waals surface area contributed by atoms with Gasteiger partial charge >= 0.3 is 0 Å². The van der Waals surface area contributed by atoms with Crippen LogP contribution in [0.1, 0.15) is 36.5 Å². The molecule has 1 amide bonds. The van der Waals surface area contributed by atoms with E-state index >= 15 is 0 Å². The van der Waals surface area contributed by atoms with Gasteiger partial charge < -0.3 is 10.6 Å². The zero-order valence-electron chi connectivity index (χ0n) is 12.8. The van der Waals surface area contributed by atoms with Crippen LogP contribution in [0.3, 0.4) is 0 Å². The van der Waals surface area contributed by atoms with Gasteiger partial charge in [-0.3, -0.25) is 9.52 Å². The summed E-state index contributed by atoms with van der Waals surface area (Å²) in [4.78, 5) is 14.1. The van der Waals surface area contributed by atoms with Crippen LogP contribution >= 0.6 is 0 Å². The summed E-state index contributed by atoms with van der Waals surface area (Å²) in [6, 6.07) is 6.73. The number of carbonyl (C=O) groups excluding carboxylic acids is 1. The van der Waals surface area contributed by atoms with E-state index in [0.29, 0.717) is 30.8 Å². The lowest BCUT2D eigenvalue weighted by molar-refractivity contribution is 0.0715. The highest BCUT2D eigenvalue weighted by molar-refractivity contribution is 7.92. The van der Waals surface area contributed by atoms with Crippen molar-refractivity contribution in [2.45, 2.75) is 32.2 Å². The third-order valence-electron chi connectivity index (χ3n) is 3.70. The van der Waals surface area contributed by atoms with E-state index in [1.54, 1.807) is 29.2 Å². The molecule has 7 heteroatoms. The molecule has 0 saturated carbocycles. The summed E-state index contributed by atoms with van der Waals surface area (Å²) in [5.41, 5.74) is 6.88. The largest absolute Gasteiger partial charge is 0.339 e. The fourth-order valence-corrected chi connectivity index (χ4v) is 3.60. The van der Waals surface area contributed by atoms with Crippen LogP contribution in [-0.4, -0.2) is 44.1 Å². The van der Waals surface area contributed by atoms with Crippen LogP contribution in [0.4, 0.5) is 5.69 Å². The van der Waals surface area contributed by atoms with Crippen molar-refractivity contribution in [2.75, 3.05) is 23.6 Å². The minimum Gasteiger partial charge on any atom is -0.339 e. The van der Waals surface area contributed by atoms with E-state index in [1.165, 1.54) is 0 Å². The van der Waals surface area contributed by atoms with Gasteiger partial charge in [0.2, 0.25) is 10.0 Å². The van der Waals surface area contributed by atoms with Gasteiger partial charge in [-0.15, -0.1) is 0 Å². The summed E-state index contributed by atoms with van der Waals surface area (Å²) in [7, 11) is -3.30. The molecule has 0 radical (unpaired) electrons. The molecule has 1 saturated heterocycles. The predicted octanol–water partition coefficient (Wildman–Crippen LogP) is 1.40. The van der Waals surface area contributed by atoms with Gasteiger partial charge in [-0.25, -0.2) is 8.42 Å². The molecule has 1 fully saturated rings. The van der Waals surface area contributed by atoms with Crippen molar-refractivity contribution < 1.29 is 13.2 Å². The topological polar surface area (TPSA) is 92.5 Å². The van der Waals surface area contributed by atoms with Crippen LogP contribution in [0.15, 0.2) is 24.3 Å². The van der Waals surface area contributed by atoms with Gasteiger partial charge in [-0.2, -0.15) is 0 Å². The van der Waals surface area contributed by atoms with Crippen LogP contribution in [0.5, 0.6) is 0 Å². The second-order valence-electron chi connectivity index (χ2n) is 5.63. The van der Waals surface area contributed by atoms with Gasteiger partial charge in [0.05, 0.1) is 5.75 Å². The minimum absolute atomic E-state index is 0.0325. The number of piperidine rings is 1. The summed E-state index contributed by atoms with van der Waals surface area (Å²) in [5.74, 6) is 0.0525. The number of nitrogens with two attached hydrogens (primary N) is 1. The molecule has 1 aromatic rings. The van der Waals surface area contributed by atoms with Crippen molar-refractivity contribution in [3.05, 3.63) is 29.8 Å². The standard InChI is InChI=1S/C15H23N3O3S/c1-2-11-22(20,21)17-14-5-3-12(4-6-14)15(19)18-9-7-13(16)8-10-18/h3-6,13,17H,2,7-11,16H2,1H3. The molecule has 0 aromatic heterocycles. The Bertz CT molecular complexity index is 605. The first kappa shape index (κ1) is 16.8. The van der Waals surface area contributed by atoms with Crippen LogP contribution < -0.4 is 10.5 Å². The fraction of sp³-hybridized carbons (Fsp3) is 0.533. The van der Waals surface area contributed by atoms with Gasteiger partial charge in [0.1, 0.15) is 0 Å². The molecule has 3 N–H and O–H groups in total. The number of nitrogens with one attached hydrogen (secondary N) is 1. The Hall–Kier alpha value is -1.60. The molecule has 22 heavy (non-hydrogen) atoms. The first-order valence-corrected chi connectivity index (χ1v) is 9.22. The monoisotopic (exact) mass is 325 g/mol. The Labute approximate surface area is 131 Å². The van der Waals surface area contributed by atoms with E-state index < -0.39 is 10.0 Å². The van der Waals surface area contributed by atoms with Crippen molar-refractivity contribution >= 4 is 21.6 Å². The number of benzene rings is 1. The number of likely N-dealkylation sites (tertiary alicyclic amines) is 1. The lowest BCUT2D eigenvalue weighted by atomic mass is 10.0. The van der Waals surface area contributed by atoms with Gasteiger partial charge in [0.25, 0.3) is 5.91 Å². The van der Waals surface area contributed by atoms with E-state index in [1.807, 2.05) is 6.92 Å². The summed E-state index contributed by atoms with van der Waals surface area (Å²) in [6.07, 6.45) is 2.20. The third kappa shape index (κ3) is 4.45.